The van der Waals surface area contributed by atoms with Crippen LogP contribution >= 0.6 is 11.3 Å². The minimum atomic E-state index is -1.09. The second kappa shape index (κ2) is 5.42. The Morgan fingerprint density at radius 3 is 2.39 bits per heavy atom. The Morgan fingerprint density at radius 2 is 1.61 bits per heavy atom. The molecule has 3 aliphatic rings. The quantitative estimate of drug-likeness (QED) is 0.601. The Balaban J connectivity index is 1.63. The smallest absolute Gasteiger partial charge is 0.288 e. The van der Waals surface area contributed by atoms with Gasteiger partial charge in [-0.3, -0.25) is 9.59 Å². The number of ketones is 2. The number of hydrogen-bond acceptors (Lipinski definition) is 5. The van der Waals surface area contributed by atoms with Crippen molar-refractivity contribution in [3.05, 3.63) is 98.9 Å². The van der Waals surface area contributed by atoms with E-state index >= 15 is 0 Å². The highest BCUT2D eigenvalue weighted by Crippen LogP contribution is 2.56. The number of thiophene rings is 1. The molecule has 1 aromatic heterocycles. The number of Topliss-reactive ketones (excluding diaryl/α,β-unsaturated/α-hetero) is 2. The van der Waals surface area contributed by atoms with E-state index in [4.69, 9.17) is 9.47 Å². The minimum absolute atomic E-state index is 0.128. The minimum Gasteiger partial charge on any atom is -0.447 e. The van der Waals surface area contributed by atoms with Crippen LogP contribution in [0, 0.1) is 0 Å². The van der Waals surface area contributed by atoms with Gasteiger partial charge in [0.15, 0.2) is 11.5 Å². The van der Waals surface area contributed by atoms with Crippen LogP contribution in [-0.2, 0) is 10.5 Å². The lowest BCUT2D eigenvalue weighted by atomic mass is 9.73. The Hall–Kier alpha value is -3.18. The second-order valence-electron chi connectivity index (χ2n) is 7.18. The maximum atomic E-state index is 13.4. The largest absolute Gasteiger partial charge is 0.447 e. The molecule has 2 aliphatic heterocycles. The van der Waals surface area contributed by atoms with Crippen molar-refractivity contribution in [2.45, 2.75) is 18.1 Å². The predicted octanol–water partition coefficient (Wildman–Crippen LogP) is 4.83. The number of ether oxygens (including phenoxy) is 2. The van der Waals surface area contributed by atoms with E-state index in [-0.39, 0.29) is 23.2 Å². The number of para-hydroxylation sites is 1. The summed E-state index contributed by atoms with van der Waals surface area (Å²) in [5.74, 6) is -0.902. The zero-order valence-corrected chi connectivity index (χ0v) is 15.5. The van der Waals surface area contributed by atoms with E-state index in [0.717, 1.165) is 10.4 Å². The topological polar surface area (TPSA) is 52.6 Å². The monoisotopic (exact) mass is 386 g/mol. The average molecular weight is 386 g/mol. The molecule has 0 amide bonds. The first-order chi connectivity index (χ1) is 13.7. The van der Waals surface area contributed by atoms with Crippen molar-refractivity contribution in [3.63, 3.8) is 0 Å². The second-order valence-corrected chi connectivity index (χ2v) is 8.12. The molecular formula is C23H14O4S. The lowest BCUT2D eigenvalue weighted by molar-refractivity contribution is -0.182. The fourth-order valence-corrected chi connectivity index (χ4v) is 5.24. The van der Waals surface area contributed by atoms with Gasteiger partial charge in [0.1, 0.15) is 5.75 Å². The Morgan fingerprint density at radius 1 is 0.857 bits per heavy atom. The van der Waals surface area contributed by atoms with E-state index in [1.54, 1.807) is 24.3 Å². The van der Waals surface area contributed by atoms with Crippen LogP contribution in [-0.4, -0.2) is 11.6 Å². The summed E-state index contributed by atoms with van der Waals surface area (Å²) >= 11 is 1.52. The van der Waals surface area contributed by atoms with Gasteiger partial charge in [0, 0.05) is 29.0 Å². The number of allylic oxidation sites excluding steroid dienone is 2. The molecule has 2 atom stereocenters. The molecule has 0 fully saturated rings. The van der Waals surface area contributed by atoms with E-state index < -0.39 is 5.79 Å². The van der Waals surface area contributed by atoms with E-state index in [2.05, 4.69) is 0 Å². The average Bonchev–Trinajstić information content (AvgIpc) is 3.28. The number of rotatable bonds is 1. The van der Waals surface area contributed by atoms with Crippen molar-refractivity contribution in [2.75, 3.05) is 0 Å². The van der Waals surface area contributed by atoms with E-state index in [0.29, 0.717) is 28.9 Å². The molecule has 136 valence electrons. The van der Waals surface area contributed by atoms with Gasteiger partial charge in [-0.2, -0.15) is 0 Å². The molecule has 28 heavy (non-hydrogen) atoms. The summed E-state index contributed by atoms with van der Waals surface area (Å²) < 4.78 is 12.6. The molecular weight excluding hydrogens is 372 g/mol. The number of benzene rings is 2. The van der Waals surface area contributed by atoms with Crippen LogP contribution in [0.2, 0.25) is 0 Å². The van der Waals surface area contributed by atoms with Crippen LogP contribution in [0.3, 0.4) is 0 Å². The Bertz CT molecular complexity index is 1190. The van der Waals surface area contributed by atoms with Gasteiger partial charge in [-0.05, 0) is 17.5 Å². The third kappa shape index (κ3) is 1.94. The van der Waals surface area contributed by atoms with Gasteiger partial charge >= 0.3 is 0 Å². The van der Waals surface area contributed by atoms with Crippen molar-refractivity contribution in [1.82, 2.24) is 0 Å². The highest BCUT2D eigenvalue weighted by atomic mass is 32.1. The number of fused-ring (bicyclic) bond motifs is 6. The molecule has 4 nitrogen and oxygen atoms in total. The SMILES string of the molecule is O=C1C2=C(C(=O)c3ccccc31)[C@H]1C[C@@](c3cccs3)(O2)Oc2ccccc21. The van der Waals surface area contributed by atoms with Crippen LogP contribution in [0.4, 0.5) is 0 Å². The van der Waals surface area contributed by atoms with E-state index in [1.807, 2.05) is 41.8 Å². The van der Waals surface area contributed by atoms with Crippen molar-refractivity contribution in [3.8, 4) is 5.75 Å². The molecule has 0 spiro atoms. The van der Waals surface area contributed by atoms with Crippen molar-refractivity contribution >= 4 is 22.9 Å². The van der Waals surface area contributed by atoms with Crippen molar-refractivity contribution < 1.29 is 19.1 Å². The van der Waals surface area contributed by atoms with Crippen LogP contribution in [0.15, 0.2) is 77.4 Å². The molecule has 6 rings (SSSR count). The summed E-state index contributed by atoms with van der Waals surface area (Å²) in [6.07, 6.45) is 0.463. The molecule has 0 unspecified atom stereocenters. The van der Waals surface area contributed by atoms with Crippen LogP contribution in [0.25, 0.3) is 0 Å². The van der Waals surface area contributed by atoms with E-state index in [9.17, 15) is 9.59 Å². The number of hydrogen-bond donors (Lipinski definition) is 0. The van der Waals surface area contributed by atoms with Gasteiger partial charge in [-0.1, -0.05) is 48.5 Å². The molecule has 0 N–H and O–H groups in total. The van der Waals surface area contributed by atoms with Gasteiger partial charge < -0.3 is 9.47 Å². The van der Waals surface area contributed by atoms with Gasteiger partial charge in [0.25, 0.3) is 5.79 Å². The van der Waals surface area contributed by atoms with Crippen LogP contribution in [0.1, 0.15) is 43.5 Å². The summed E-state index contributed by atoms with van der Waals surface area (Å²) in [5.41, 5.74) is 2.21. The summed E-state index contributed by atoms with van der Waals surface area (Å²) in [6.45, 7) is 0. The summed E-state index contributed by atoms with van der Waals surface area (Å²) in [5, 5.41) is 1.96. The number of carbonyl (C=O) groups is 2. The maximum absolute atomic E-state index is 13.4. The lowest BCUT2D eigenvalue weighted by Crippen LogP contribution is -2.47. The molecule has 2 aromatic carbocycles. The zero-order chi connectivity index (χ0) is 18.9. The van der Waals surface area contributed by atoms with Gasteiger partial charge in [0.2, 0.25) is 5.78 Å². The molecule has 0 saturated heterocycles. The van der Waals surface area contributed by atoms with Crippen LogP contribution < -0.4 is 4.74 Å². The van der Waals surface area contributed by atoms with Gasteiger partial charge in [-0.15, -0.1) is 11.3 Å². The maximum Gasteiger partial charge on any atom is 0.288 e. The fraction of sp³-hybridized carbons (Fsp3) is 0.130. The summed E-state index contributed by atoms with van der Waals surface area (Å²) in [6, 6.07) is 18.5. The first kappa shape index (κ1) is 15.8. The third-order valence-corrected chi connectivity index (χ3v) is 6.66. The normalized spacial score (nSPS) is 24.6. The molecule has 0 radical (unpaired) electrons. The van der Waals surface area contributed by atoms with E-state index in [1.165, 1.54) is 11.3 Å². The molecule has 5 heteroatoms. The Labute approximate surface area is 165 Å². The molecule has 2 bridgehead atoms. The Kier molecular flexibility index (Phi) is 3.07. The van der Waals surface area contributed by atoms with Crippen molar-refractivity contribution in [1.29, 1.82) is 0 Å². The predicted molar refractivity (Wildman–Crippen MR) is 104 cm³/mol. The summed E-state index contributed by atoms with van der Waals surface area (Å²) in [7, 11) is 0. The summed E-state index contributed by atoms with van der Waals surface area (Å²) in [4.78, 5) is 27.5. The molecule has 0 saturated carbocycles. The fourth-order valence-electron chi connectivity index (χ4n) is 4.43. The number of carbonyl (C=O) groups excluding carboxylic acids is 2. The van der Waals surface area contributed by atoms with Gasteiger partial charge in [-0.25, -0.2) is 0 Å². The lowest BCUT2D eigenvalue weighted by Gasteiger charge is -2.46. The first-order valence-electron chi connectivity index (χ1n) is 9.11. The first-order valence-corrected chi connectivity index (χ1v) is 9.99. The van der Waals surface area contributed by atoms with Gasteiger partial charge in [0.05, 0.1) is 10.5 Å². The van der Waals surface area contributed by atoms with Crippen LogP contribution in [0.5, 0.6) is 5.75 Å². The zero-order valence-electron chi connectivity index (χ0n) is 14.7. The third-order valence-electron chi connectivity index (χ3n) is 5.67. The molecule has 3 aromatic rings. The highest BCUT2D eigenvalue weighted by Gasteiger charge is 2.55. The highest BCUT2D eigenvalue weighted by molar-refractivity contribution is 7.10. The molecule has 3 heterocycles. The molecule has 1 aliphatic carbocycles. The van der Waals surface area contributed by atoms with Crippen molar-refractivity contribution in [2.24, 2.45) is 0 Å². The standard InChI is InChI=1S/C23H14O4S/c24-20-14-7-1-2-8-15(14)21(25)22-19(20)16-12-23(27-22,18-10-5-11-28-18)26-17-9-4-3-6-13(16)17/h1-11,16H,12H2/t16-,23-/m0/s1.